The van der Waals surface area contributed by atoms with E-state index in [0.717, 1.165) is 0 Å². The summed E-state index contributed by atoms with van der Waals surface area (Å²) in [5, 5.41) is 4.06. The number of nitrogens with one attached hydrogen (secondary N) is 1. The van der Waals surface area contributed by atoms with E-state index in [1.807, 2.05) is 6.21 Å². The molecule has 10 heavy (non-hydrogen) atoms. The minimum atomic E-state index is 0.620. The first-order valence-electron chi connectivity index (χ1n) is 4.17. The first-order chi connectivity index (χ1) is 4.88. The summed E-state index contributed by atoms with van der Waals surface area (Å²) in [6, 6.07) is 0.620. The van der Waals surface area contributed by atoms with Crippen LogP contribution in [0.5, 0.6) is 0 Å². The highest BCUT2D eigenvalue weighted by atomic mass is 15.3. The van der Waals surface area contributed by atoms with Crippen molar-refractivity contribution in [3.63, 3.8) is 0 Å². The monoisotopic (exact) mass is 140 g/mol. The van der Waals surface area contributed by atoms with Crippen molar-refractivity contribution in [1.29, 1.82) is 0 Å². The van der Waals surface area contributed by atoms with Gasteiger partial charge in [-0.05, 0) is 12.8 Å². The van der Waals surface area contributed by atoms with Gasteiger partial charge < -0.3 is 5.43 Å². The second kappa shape index (κ2) is 3.59. The first kappa shape index (κ1) is 7.58. The van der Waals surface area contributed by atoms with Gasteiger partial charge in [0.15, 0.2) is 0 Å². The van der Waals surface area contributed by atoms with E-state index in [1.54, 1.807) is 0 Å². The Morgan fingerprint density at radius 2 is 2.30 bits per heavy atom. The quantitative estimate of drug-likeness (QED) is 0.634. The van der Waals surface area contributed by atoms with Crippen LogP contribution in [0.1, 0.15) is 33.1 Å². The van der Waals surface area contributed by atoms with Crippen molar-refractivity contribution in [2.24, 2.45) is 11.0 Å². The number of rotatable bonds is 3. The average Bonchev–Trinajstić information content (AvgIpc) is 2.36. The summed E-state index contributed by atoms with van der Waals surface area (Å²) in [4.78, 5) is 0. The van der Waals surface area contributed by atoms with Crippen molar-refractivity contribution in [3.05, 3.63) is 0 Å². The normalized spacial score (nSPS) is 30.6. The molecule has 0 radical (unpaired) electrons. The number of nitrogens with zero attached hydrogens (tertiary/aromatic N) is 1. The van der Waals surface area contributed by atoms with Crippen LogP contribution in [-0.2, 0) is 0 Å². The molecular formula is C8H16N2. The lowest BCUT2D eigenvalue weighted by molar-refractivity contribution is 0.437. The van der Waals surface area contributed by atoms with Gasteiger partial charge in [-0.3, -0.25) is 0 Å². The van der Waals surface area contributed by atoms with Crippen molar-refractivity contribution >= 4 is 6.21 Å². The second-order valence-electron chi connectivity index (χ2n) is 2.87. The van der Waals surface area contributed by atoms with Crippen LogP contribution in [0.2, 0.25) is 0 Å². The molecule has 0 aromatic carbocycles. The molecule has 0 bridgehead atoms. The van der Waals surface area contributed by atoms with Gasteiger partial charge in [0.2, 0.25) is 0 Å². The summed E-state index contributed by atoms with van der Waals surface area (Å²) >= 11 is 0. The molecule has 1 rings (SSSR count). The Morgan fingerprint density at radius 3 is 2.90 bits per heavy atom. The lowest BCUT2D eigenvalue weighted by Crippen LogP contribution is -2.26. The molecule has 0 saturated carbocycles. The van der Waals surface area contributed by atoms with Crippen molar-refractivity contribution in [2.45, 2.75) is 39.2 Å². The number of hydrazone groups is 1. The summed E-state index contributed by atoms with van der Waals surface area (Å²) in [7, 11) is 0. The topological polar surface area (TPSA) is 24.4 Å². The number of hydrogen-bond acceptors (Lipinski definition) is 2. The van der Waals surface area contributed by atoms with Gasteiger partial charge in [0, 0.05) is 12.1 Å². The van der Waals surface area contributed by atoms with Crippen LogP contribution in [-0.4, -0.2) is 12.3 Å². The highest BCUT2D eigenvalue weighted by Gasteiger charge is 2.20. The summed E-state index contributed by atoms with van der Waals surface area (Å²) < 4.78 is 0. The predicted molar refractivity (Wildman–Crippen MR) is 44.1 cm³/mol. The molecule has 0 aliphatic carbocycles. The SMILES string of the molecule is CCCC1NN=CC1CC. The van der Waals surface area contributed by atoms with Crippen LogP contribution >= 0.6 is 0 Å². The zero-order valence-electron chi connectivity index (χ0n) is 6.80. The fourth-order valence-corrected chi connectivity index (χ4v) is 1.41. The maximum absolute atomic E-state index is 4.06. The summed E-state index contributed by atoms with van der Waals surface area (Å²) in [6.07, 6.45) is 5.75. The van der Waals surface area contributed by atoms with Crippen molar-refractivity contribution < 1.29 is 0 Å². The third kappa shape index (κ3) is 1.49. The van der Waals surface area contributed by atoms with E-state index in [1.165, 1.54) is 19.3 Å². The van der Waals surface area contributed by atoms with Crippen LogP contribution in [0, 0.1) is 5.92 Å². The second-order valence-corrected chi connectivity index (χ2v) is 2.87. The van der Waals surface area contributed by atoms with Gasteiger partial charge in [0.05, 0.1) is 6.04 Å². The molecule has 2 nitrogen and oxygen atoms in total. The van der Waals surface area contributed by atoms with Crippen LogP contribution < -0.4 is 5.43 Å². The third-order valence-electron chi connectivity index (χ3n) is 2.09. The van der Waals surface area contributed by atoms with Crippen LogP contribution in [0.3, 0.4) is 0 Å². The molecule has 0 saturated heterocycles. The van der Waals surface area contributed by atoms with Crippen molar-refractivity contribution in [1.82, 2.24) is 5.43 Å². The van der Waals surface area contributed by atoms with E-state index in [-0.39, 0.29) is 0 Å². The summed E-state index contributed by atoms with van der Waals surface area (Å²) in [6.45, 7) is 4.43. The third-order valence-corrected chi connectivity index (χ3v) is 2.09. The minimum Gasteiger partial charge on any atom is -0.307 e. The van der Waals surface area contributed by atoms with E-state index in [4.69, 9.17) is 0 Å². The van der Waals surface area contributed by atoms with Gasteiger partial charge in [-0.2, -0.15) is 5.10 Å². The van der Waals surface area contributed by atoms with E-state index < -0.39 is 0 Å². The van der Waals surface area contributed by atoms with Gasteiger partial charge in [0.25, 0.3) is 0 Å². The van der Waals surface area contributed by atoms with Crippen molar-refractivity contribution in [3.8, 4) is 0 Å². The largest absolute Gasteiger partial charge is 0.307 e. The van der Waals surface area contributed by atoms with Gasteiger partial charge in [-0.1, -0.05) is 20.3 Å². The van der Waals surface area contributed by atoms with E-state index in [2.05, 4.69) is 24.4 Å². The van der Waals surface area contributed by atoms with Crippen molar-refractivity contribution in [2.75, 3.05) is 0 Å². The molecular weight excluding hydrogens is 124 g/mol. The lowest BCUT2D eigenvalue weighted by Gasteiger charge is -2.14. The maximum atomic E-state index is 4.06. The molecule has 0 fully saturated rings. The Kier molecular flexibility index (Phi) is 2.72. The number of hydrogen-bond donors (Lipinski definition) is 1. The molecule has 2 heteroatoms. The Hall–Kier alpha value is -0.530. The fraction of sp³-hybridized carbons (Fsp3) is 0.875. The average molecular weight is 140 g/mol. The highest BCUT2D eigenvalue weighted by Crippen LogP contribution is 2.15. The molecule has 0 spiro atoms. The summed E-state index contributed by atoms with van der Waals surface area (Å²) in [5.41, 5.74) is 3.13. The van der Waals surface area contributed by atoms with E-state index in [9.17, 15) is 0 Å². The summed E-state index contributed by atoms with van der Waals surface area (Å²) in [5.74, 6) is 0.681. The predicted octanol–water partition coefficient (Wildman–Crippen LogP) is 1.77. The Balaban J connectivity index is 2.32. The standard InChI is InChI=1S/C8H16N2/c1-3-5-8-7(4-2)6-9-10-8/h6-8,10H,3-5H2,1-2H3. The Bertz CT molecular complexity index is 120. The fourth-order valence-electron chi connectivity index (χ4n) is 1.41. The zero-order valence-corrected chi connectivity index (χ0v) is 6.80. The molecule has 1 aliphatic heterocycles. The molecule has 1 heterocycles. The first-order valence-corrected chi connectivity index (χ1v) is 4.17. The minimum absolute atomic E-state index is 0.620. The zero-order chi connectivity index (χ0) is 7.40. The van der Waals surface area contributed by atoms with Crippen LogP contribution in [0.4, 0.5) is 0 Å². The molecule has 0 aromatic heterocycles. The van der Waals surface area contributed by atoms with E-state index >= 15 is 0 Å². The van der Waals surface area contributed by atoms with E-state index in [0.29, 0.717) is 12.0 Å². The lowest BCUT2D eigenvalue weighted by atomic mass is 9.96. The molecule has 0 aromatic rings. The molecule has 1 N–H and O–H groups in total. The molecule has 58 valence electrons. The van der Waals surface area contributed by atoms with Gasteiger partial charge in [0.1, 0.15) is 0 Å². The van der Waals surface area contributed by atoms with Crippen LogP contribution in [0.15, 0.2) is 5.10 Å². The smallest absolute Gasteiger partial charge is 0.0518 e. The molecule has 2 atom stereocenters. The Morgan fingerprint density at radius 1 is 1.50 bits per heavy atom. The van der Waals surface area contributed by atoms with Gasteiger partial charge >= 0.3 is 0 Å². The van der Waals surface area contributed by atoms with Gasteiger partial charge in [-0.15, -0.1) is 0 Å². The molecule has 2 unspecified atom stereocenters. The van der Waals surface area contributed by atoms with Gasteiger partial charge in [-0.25, -0.2) is 0 Å². The van der Waals surface area contributed by atoms with Crippen LogP contribution in [0.25, 0.3) is 0 Å². The maximum Gasteiger partial charge on any atom is 0.0518 e. The molecule has 0 amide bonds. The Labute approximate surface area is 62.7 Å². The highest BCUT2D eigenvalue weighted by molar-refractivity contribution is 5.63. The molecule has 1 aliphatic rings.